The van der Waals surface area contributed by atoms with Gasteiger partial charge in [-0.15, -0.1) is 0 Å². The second-order valence-electron chi connectivity index (χ2n) is 7.04. The highest BCUT2D eigenvalue weighted by molar-refractivity contribution is 7.46. The molecule has 0 aliphatic carbocycles. The average Bonchev–Trinajstić information content (AvgIpc) is 3.44. The molecule has 0 aliphatic heterocycles. The number of nitrogens with zero attached hydrogens (tertiary/aromatic N) is 4. The van der Waals surface area contributed by atoms with Crippen LogP contribution in [-0.2, 0) is 35.1 Å². The molecule has 12 heteroatoms. The number of nitrogen functional groups attached to an aromatic ring is 1. The van der Waals surface area contributed by atoms with Crippen molar-refractivity contribution in [3.05, 3.63) is 76.8 Å². The zero-order valence-corrected chi connectivity index (χ0v) is 18.6. The summed E-state index contributed by atoms with van der Waals surface area (Å²) in [4.78, 5) is 22.0. The first kappa shape index (κ1) is 22.3. The Morgan fingerprint density at radius 3 is 2.66 bits per heavy atom. The van der Waals surface area contributed by atoms with Crippen molar-refractivity contribution >= 4 is 25.2 Å². The highest BCUT2D eigenvalue weighted by Gasteiger charge is 2.20. The molecule has 1 aromatic carbocycles. The predicted octanol–water partition coefficient (Wildman–Crippen LogP) is 2.51. The van der Waals surface area contributed by atoms with Crippen LogP contribution in [0.4, 0.5) is 5.82 Å². The van der Waals surface area contributed by atoms with E-state index in [1.807, 2.05) is 0 Å². The summed E-state index contributed by atoms with van der Waals surface area (Å²) < 4.78 is 26.3. The lowest BCUT2D eigenvalue weighted by molar-refractivity contribution is -0.711. The van der Waals surface area contributed by atoms with Gasteiger partial charge >= 0.3 is 7.82 Å². The molecule has 4 aromatic rings. The van der Waals surface area contributed by atoms with Crippen LogP contribution in [0.2, 0.25) is 0 Å². The third kappa shape index (κ3) is 5.84. The van der Waals surface area contributed by atoms with E-state index >= 15 is 0 Å². The number of nitrogens with two attached hydrogens (primary N) is 1. The van der Waals surface area contributed by atoms with E-state index in [0.29, 0.717) is 17.7 Å². The van der Waals surface area contributed by atoms with Crippen LogP contribution < -0.4 is 10.3 Å². The minimum absolute atomic E-state index is 0.239. The van der Waals surface area contributed by atoms with Gasteiger partial charge in [0.15, 0.2) is 5.76 Å². The zero-order chi connectivity index (χ0) is 22.6. The second-order valence-corrected chi connectivity index (χ2v) is 9.14. The molecule has 0 atom stereocenters. The molecule has 4 rings (SSSR count). The summed E-state index contributed by atoms with van der Waals surface area (Å²) in [5.41, 5.74) is 9.73. The quantitative estimate of drug-likeness (QED) is 0.246. The van der Waals surface area contributed by atoms with E-state index in [1.54, 1.807) is 30.7 Å². The summed E-state index contributed by atoms with van der Waals surface area (Å²) >= 11 is 1.42. The number of anilines is 1. The lowest BCUT2D eigenvalue weighted by atomic mass is 10.0. The van der Waals surface area contributed by atoms with Crippen molar-refractivity contribution in [2.45, 2.75) is 26.0 Å². The highest BCUT2D eigenvalue weighted by atomic mass is 32.1. The third-order valence-electron chi connectivity index (χ3n) is 4.75. The van der Waals surface area contributed by atoms with E-state index in [0.717, 1.165) is 29.1 Å². The van der Waals surface area contributed by atoms with E-state index in [9.17, 15) is 4.57 Å². The SMILES string of the molecule is Nc1c(-c2cc(Cc3ccc(CCc4ncns4)cc3)no2)ccc[n+]1COP(=O)(O)O. The van der Waals surface area contributed by atoms with Crippen LogP contribution in [0.1, 0.15) is 21.8 Å². The fraction of sp³-hybridized carbons (Fsp3) is 0.200. The van der Waals surface area contributed by atoms with E-state index in [4.69, 9.17) is 20.0 Å². The normalized spacial score (nSPS) is 11.7. The predicted molar refractivity (Wildman–Crippen MR) is 116 cm³/mol. The van der Waals surface area contributed by atoms with E-state index in [2.05, 4.69) is 43.3 Å². The first-order valence-electron chi connectivity index (χ1n) is 9.65. The molecule has 32 heavy (non-hydrogen) atoms. The Morgan fingerprint density at radius 1 is 1.16 bits per heavy atom. The summed E-state index contributed by atoms with van der Waals surface area (Å²) in [6, 6.07) is 13.5. The van der Waals surface area contributed by atoms with Crippen molar-refractivity contribution in [1.29, 1.82) is 0 Å². The van der Waals surface area contributed by atoms with Crippen molar-refractivity contribution in [3.63, 3.8) is 0 Å². The van der Waals surface area contributed by atoms with Gasteiger partial charge in [0.25, 0.3) is 5.82 Å². The van der Waals surface area contributed by atoms with Gasteiger partial charge in [-0.2, -0.15) is 4.37 Å². The Labute approximate surface area is 187 Å². The lowest BCUT2D eigenvalue weighted by Gasteiger charge is -2.07. The summed E-state index contributed by atoms with van der Waals surface area (Å²) in [6.07, 6.45) is 5.50. The molecule has 0 spiro atoms. The lowest BCUT2D eigenvalue weighted by Crippen LogP contribution is -2.38. The maximum absolute atomic E-state index is 10.9. The minimum Gasteiger partial charge on any atom is -0.356 e. The van der Waals surface area contributed by atoms with Crippen LogP contribution >= 0.6 is 19.4 Å². The molecule has 0 saturated carbocycles. The summed E-state index contributed by atoms with van der Waals surface area (Å²) in [6.45, 7) is -0.393. The number of pyridine rings is 1. The maximum Gasteiger partial charge on any atom is 0.472 e. The number of aryl methyl sites for hydroxylation is 2. The van der Waals surface area contributed by atoms with Gasteiger partial charge in [0.05, 0.1) is 11.9 Å². The number of hydrogen-bond acceptors (Lipinski definition) is 8. The molecule has 0 bridgehead atoms. The number of hydrogen-bond donors (Lipinski definition) is 3. The van der Waals surface area contributed by atoms with E-state index < -0.39 is 14.6 Å². The number of phosphoric ester groups is 1. The minimum atomic E-state index is -4.61. The van der Waals surface area contributed by atoms with Crippen LogP contribution in [0.15, 0.2) is 59.5 Å². The number of benzene rings is 1. The molecule has 3 aromatic heterocycles. The summed E-state index contributed by atoms with van der Waals surface area (Å²) in [7, 11) is -4.61. The van der Waals surface area contributed by atoms with Crippen LogP contribution in [0.5, 0.6) is 0 Å². The highest BCUT2D eigenvalue weighted by Crippen LogP contribution is 2.35. The molecule has 0 saturated heterocycles. The molecule has 0 amide bonds. The van der Waals surface area contributed by atoms with Gasteiger partial charge in [0, 0.05) is 18.9 Å². The van der Waals surface area contributed by atoms with Crippen molar-refractivity contribution in [1.82, 2.24) is 14.5 Å². The molecule has 0 aliphatic rings. The number of phosphoric acid groups is 1. The molecule has 10 nitrogen and oxygen atoms in total. The van der Waals surface area contributed by atoms with Crippen LogP contribution in [-0.4, -0.2) is 24.3 Å². The third-order valence-corrected chi connectivity index (χ3v) is 5.92. The number of rotatable bonds is 9. The molecule has 166 valence electrons. The van der Waals surface area contributed by atoms with Gasteiger partial charge < -0.3 is 14.3 Å². The van der Waals surface area contributed by atoms with Gasteiger partial charge in [-0.25, -0.2) is 18.6 Å². The van der Waals surface area contributed by atoms with Gasteiger partial charge in [-0.3, -0.25) is 5.73 Å². The molecule has 0 unspecified atom stereocenters. The number of aromatic nitrogens is 4. The van der Waals surface area contributed by atoms with Crippen molar-refractivity contribution < 1.29 is 28.0 Å². The Kier molecular flexibility index (Phi) is 6.73. The Hall–Kier alpha value is -2.95. The van der Waals surface area contributed by atoms with Crippen LogP contribution in [0.3, 0.4) is 0 Å². The Morgan fingerprint density at radius 2 is 1.94 bits per heavy atom. The van der Waals surface area contributed by atoms with Crippen LogP contribution in [0.25, 0.3) is 11.3 Å². The zero-order valence-electron chi connectivity index (χ0n) is 16.9. The second kappa shape index (κ2) is 9.68. The van der Waals surface area contributed by atoms with Gasteiger partial charge in [0.1, 0.15) is 16.9 Å². The summed E-state index contributed by atoms with van der Waals surface area (Å²) in [5.74, 6) is 0.695. The van der Waals surface area contributed by atoms with Gasteiger partial charge in [-0.05, 0) is 41.2 Å². The van der Waals surface area contributed by atoms with Gasteiger partial charge in [0.2, 0.25) is 6.73 Å². The average molecular weight is 474 g/mol. The van der Waals surface area contributed by atoms with Crippen molar-refractivity contribution in [3.8, 4) is 11.3 Å². The van der Waals surface area contributed by atoms with Crippen molar-refractivity contribution in [2.24, 2.45) is 0 Å². The molecular formula is C20H21N5O5PS+. The summed E-state index contributed by atoms with van der Waals surface area (Å²) in [5, 5.41) is 5.15. The molecule has 4 N–H and O–H groups in total. The largest absolute Gasteiger partial charge is 0.472 e. The first-order chi connectivity index (χ1) is 15.4. The fourth-order valence-corrected chi connectivity index (χ4v) is 3.91. The van der Waals surface area contributed by atoms with Crippen LogP contribution in [0, 0.1) is 0 Å². The first-order valence-corrected chi connectivity index (χ1v) is 11.9. The Balaban J connectivity index is 1.41. The monoisotopic (exact) mass is 474 g/mol. The van der Waals surface area contributed by atoms with Gasteiger partial charge in [-0.1, -0.05) is 29.4 Å². The maximum atomic E-state index is 10.9. The molecule has 3 heterocycles. The fourth-order valence-electron chi connectivity index (χ4n) is 3.13. The molecule has 0 radical (unpaired) electrons. The standard InChI is InChI=1S/C20H20N5O5PS/c21-20-17(2-1-9-25(20)13-29-31(26,27)28)18-11-16(24-30-18)10-15-5-3-14(4-6-15)7-8-19-22-12-23-32-19/h1-6,9,11-12,21H,7-8,10,13H2,(H2,26,27,28)/p+1. The smallest absolute Gasteiger partial charge is 0.356 e. The molecule has 0 fully saturated rings. The topological polar surface area (TPSA) is 148 Å². The molecular weight excluding hydrogens is 453 g/mol. The van der Waals surface area contributed by atoms with E-state index in [1.165, 1.54) is 21.7 Å². The van der Waals surface area contributed by atoms with E-state index in [-0.39, 0.29) is 5.82 Å². The van der Waals surface area contributed by atoms with Crippen molar-refractivity contribution in [2.75, 3.05) is 5.73 Å². The Bertz CT molecular complexity index is 1220.